The van der Waals surface area contributed by atoms with E-state index in [1.54, 1.807) is 0 Å². The van der Waals surface area contributed by atoms with Crippen LogP contribution in [0.25, 0.3) is 0 Å². The van der Waals surface area contributed by atoms with Crippen molar-refractivity contribution in [2.45, 2.75) is 57.9 Å². The molecule has 0 radical (unpaired) electrons. The SMILES string of the molecule is CCNC(CCCc1ccnn1C)C1CCCC1. The van der Waals surface area contributed by atoms with Crippen molar-refractivity contribution in [3.05, 3.63) is 18.0 Å². The maximum Gasteiger partial charge on any atom is 0.0492 e. The Balaban J connectivity index is 1.76. The Bertz CT molecular complexity index is 339. The van der Waals surface area contributed by atoms with Crippen molar-refractivity contribution < 1.29 is 0 Å². The monoisotopic (exact) mass is 249 g/mol. The van der Waals surface area contributed by atoms with Gasteiger partial charge in [0.15, 0.2) is 0 Å². The van der Waals surface area contributed by atoms with Crippen LogP contribution in [0.5, 0.6) is 0 Å². The van der Waals surface area contributed by atoms with Gasteiger partial charge in [0.2, 0.25) is 0 Å². The van der Waals surface area contributed by atoms with Crippen molar-refractivity contribution in [1.82, 2.24) is 15.1 Å². The third-order valence-electron chi connectivity index (χ3n) is 4.31. The third kappa shape index (κ3) is 3.58. The number of aromatic nitrogens is 2. The average molecular weight is 249 g/mol. The number of hydrogen-bond donors (Lipinski definition) is 1. The average Bonchev–Trinajstić information content (AvgIpc) is 3.00. The first-order valence-corrected chi connectivity index (χ1v) is 7.51. The van der Waals surface area contributed by atoms with E-state index in [-0.39, 0.29) is 0 Å². The molecule has 0 bridgehead atoms. The van der Waals surface area contributed by atoms with Crippen molar-refractivity contribution >= 4 is 0 Å². The van der Waals surface area contributed by atoms with Crippen LogP contribution in [0.1, 0.15) is 51.1 Å². The zero-order valence-electron chi connectivity index (χ0n) is 11.9. The van der Waals surface area contributed by atoms with E-state index < -0.39 is 0 Å². The predicted molar refractivity (Wildman–Crippen MR) is 75.6 cm³/mol. The standard InChI is InChI=1S/C15H27N3/c1-3-16-15(13-7-4-5-8-13)10-6-9-14-11-12-17-18(14)2/h11-13,15-16H,3-10H2,1-2H3. The molecule has 1 unspecified atom stereocenters. The Kier molecular flexibility index (Phi) is 5.24. The van der Waals surface area contributed by atoms with Gasteiger partial charge in [0.05, 0.1) is 0 Å². The number of nitrogens with zero attached hydrogens (tertiary/aromatic N) is 2. The van der Waals surface area contributed by atoms with Crippen molar-refractivity contribution in [3.8, 4) is 0 Å². The van der Waals surface area contributed by atoms with Crippen LogP contribution in [0.2, 0.25) is 0 Å². The highest BCUT2D eigenvalue weighted by molar-refractivity contribution is 4.99. The molecule has 0 saturated heterocycles. The van der Waals surface area contributed by atoms with E-state index >= 15 is 0 Å². The van der Waals surface area contributed by atoms with Crippen LogP contribution >= 0.6 is 0 Å². The van der Waals surface area contributed by atoms with E-state index in [0.29, 0.717) is 0 Å². The van der Waals surface area contributed by atoms with Crippen molar-refractivity contribution in [1.29, 1.82) is 0 Å². The smallest absolute Gasteiger partial charge is 0.0492 e. The molecule has 3 heteroatoms. The predicted octanol–water partition coefficient (Wildman–Crippen LogP) is 2.91. The Morgan fingerprint density at radius 2 is 2.22 bits per heavy atom. The van der Waals surface area contributed by atoms with Gasteiger partial charge in [0, 0.05) is 25.0 Å². The second kappa shape index (κ2) is 6.93. The summed E-state index contributed by atoms with van der Waals surface area (Å²) in [6.07, 6.45) is 11.4. The van der Waals surface area contributed by atoms with Gasteiger partial charge >= 0.3 is 0 Å². The van der Waals surface area contributed by atoms with Gasteiger partial charge in [0.1, 0.15) is 0 Å². The highest BCUT2D eigenvalue weighted by Crippen LogP contribution is 2.29. The third-order valence-corrected chi connectivity index (χ3v) is 4.31. The zero-order chi connectivity index (χ0) is 12.8. The van der Waals surface area contributed by atoms with Crippen LogP contribution in [-0.2, 0) is 13.5 Å². The van der Waals surface area contributed by atoms with Gasteiger partial charge in [0.25, 0.3) is 0 Å². The number of aryl methyl sites for hydroxylation is 2. The lowest BCUT2D eigenvalue weighted by atomic mass is 9.93. The van der Waals surface area contributed by atoms with Crippen molar-refractivity contribution in [2.75, 3.05) is 6.54 Å². The van der Waals surface area contributed by atoms with Gasteiger partial charge in [-0.3, -0.25) is 4.68 Å². The molecule has 1 aromatic heterocycles. The van der Waals surface area contributed by atoms with Crippen LogP contribution in [0.3, 0.4) is 0 Å². The molecule has 1 aliphatic carbocycles. The lowest BCUT2D eigenvalue weighted by Crippen LogP contribution is -2.35. The van der Waals surface area contributed by atoms with Gasteiger partial charge in [-0.25, -0.2) is 0 Å². The largest absolute Gasteiger partial charge is 0.314 e. The minimum Gasteiger partial charge on any atom is -0.314 e. The van der Waals surface area contributed by atoms with E-state index in [0.717, 1.165) is 24.9 Å². The molecule has 1 aliphatic rings. The van der Waals surface area contributed by atoms with Gasteiger partial charge in [-0.15, -0.1) is 0 Å². The van der Waals surface area contributed by atoms with E-state index in [1.165, 1.54) is 44.2 Å². The summed E-state index contributed by atoms with van der Waals surface area (Å²) in [7, 11) is 2.04. The summed E-state index contributed by atoms with van der Waals surface area (Å²) in [6, 6.07) is 2.88. The van der Waals surface area contributed by atoms with Crippen molar-refractivity contribution in [3.63, 3.8) is 0 Å². The molecule has 1 atom stereocenters. The fourth-order valence-electron chi connectivity index (χ4n) is 3.28. The van der Waals surface area contributed by atoms with Gasteiger partial charge < -0.3 is 5.32 Å². The maximum absolute atomic E-state index is 4.23. The molecular formula is C15H27N3. The number of nitrogens with one attached hydrogen (secondary N) is 1. The lowest BCUT2D eigenvalue weighted by Gasteiger charge is -2.24. The fraction of sp³-hybridized carbons (Fsp3) is 0.800. The van der Waals surface area contributed by atoms with Crippen LogP contribution in [0.15, 0.2) is 12.3 Å². The Hall–Kier alpha value is -0.830. The Labute approximate surface area is 111 Å². The minimum absolute atomic E-state index is 0.741. The second-order valence-electron chi connectivity index (χ2n) is 5.55. The molecule has 2 rings (SSSR count). The summed E-state index contributed by atoms with van der Waals surface area (Å²) in [5, 5.41) is 7.93. The maximum atomic E-state index is 4.23. The molecule has 1 aromatic rings. The Morgan fingerprint density at radius 1 is 1.44 bits per heavy atom. The van der Waals surface area contributed by atoms with Crippen LogP contribution in [0.4, 0.5) is 0 Å². The summed E-state index contributed by atoms with van der Waals surface area (Å²) < 4.78 is 2.00. The summed E-state index contributed by atoms with van der Waals surface area (Å²) in [5.41, 5.74) is 1.36. The summed E-state index contributed by atoms with van der Waals surface area (Å²) >= 11 is 0. The normalized spacial score (nSPS) is 18.3. The molecule has 1 saturated carbocycles. The van der Waals surface area contributed by atoms with E-state index in [4.69, 9.17) is 0 Å². The molecule has 0 amide bonds. The lowest BCUT2D eigenvalue weighted by molar-refractivity contribution is 0.339. The summed E-state index contributed by atoms with van der Waals surface area (Å²) in [4.78, 5) is 0. The second-order valence-corrected chi connectivity index (χ2v) is 5.55. The first-order chi connectivity index (χ1) is 8.81. The molecular weight excluding hydrogens is 222 g/mol. The van der Waals surface area contributed by atoms with Crippen LogP contribution < -0.4 is 5.32 Å². The van der Waals surface area contributed by atoms with Crippen LogP contribution in [0, 0.1) is 5.92 Å². The topological polar surface area (TPSA) is 29.9 Å². The fourth-order valence-corrected chi connectivity index (χ4v) is 3.28. The zero-order valence-corrected chi connectivity index (χ0v) is 11.9. The van der Waals surface area contributed by atoms with Gasteiger partial charge in [-0.2, -0.15) is 5.10 Å². The number of rotatable bonds is 7. The first kappa shape index (κ1) is 13.6. The van der Waals surface area contributed by atoms with Gasteiger partial charge in [-0.05, 0) is 50.6 Å². The summed E-state index contributed by atoms with van der Waals surface area (Å²) in [6.45, 7) is 3.33. The molecule has 1 heterocycles. The number of hydrogen-bond acceptors (Lipinski definition) is 2. The molecule has 18 heavy (non-hydrogen) atoms. The van der Waals surface area contributed by atoms with Crippen LogP contribution in [-0.4, -0.2) is 22.4 Å². The molecule has 102 valence electrons. The quantitative estimate of drug-likeness (QED) is 0.805. The Morgan fingerprint density at radius 3 is 2.83 bits per heavy atom. The summed E-state index contributed by atoms with van der Waals surface area (Å²) in [5.74, 6) is 0.927. The highest BCUT2D eigenvalue weighted by Gasteiger charge is 2.23. The molecule has 0 aliphatic heterocycles. The van der Waals surface area contributed by atoms with Crippen molar-refractivity contribution in [2.24, 2.45) is 13.0 Å². The van der Waals surface area contributed by atoms with E-state index in [2.05, 4.69) is 23.4 Å². The first-order valence-electron chi connectivity index (χ1n) is 7.51. The molecule has 1 fully saturated rings. The molecule has 0 aromatic carbocycles. The molecule has 3 nitrogen and oxygen atoms in total. The molecule has 0 spiro atoms. The van der Waals surface area contributed by atoms with E-state index in [9.17, 15) is 0 Å². The highest BCUT2D eigenvalue weighted by atomic mass is 15.2. The molecule has 1 N–H and O–H groups in total. The van der Waals surface area contributed by atoms with Gasteiger partial charge in [-0.1, -0.05) is 19.8 Å². The van der Waals surface area contributed by atoms with E-state index in [1.807, 2.05) is 17.9 Å². The minimum atomic E-state index is 0.741.